The highest BCUT2D eigenvalue weighted by atomic mass is 14.7. The van der Waals surface area contributed by atoms with Crippen molar-refractivity contribution in [2.24, 2.45) is 0 Å². The average molecular weight is 834 g/mol. The molecule has 0 N–H and O–H groups in total. The highest BCUT2D eigenvalue weighted by Crippen LogP contribution is 2.34. The fraction of sp³-hybridized carbons (Fsp3) is 0.0656. The maximum absolute atomic E-state index is 5.19. The van der Waals surface area contributed by atoms with Gasteiger partial charge in [0.15, 0.2) is 0 Å². The summed E-state index contributed by atoms with van der Waals surface area (Å²) in [7, 11) is 0. The first-order valence-corrected chi connectivity index (χ1v) is 22.6. The molecule has 7 aromatic carbocycles. The van der Waals surface area contributed by atoms with E-state index in [1.165, 1.54) is 49.8 Å². The molecule has 0 aliphatic rings. The lowest BCUT2D eigenvalue weighted by Gasteiger charge is -2.22. The van der Waals surface area contributed by atoms with Gasteiger partial charge in [-0.2, -0.15) is 0 Å². The molecule has 0 aliphatic heterocycles. The third kappa shape index (κ3) is 9.68. The molecule has 0 atom stereocenters. The van der Waals surface area contributed by atoms with Crippen LogP contribution in [0.2, 0.25) is 0 Å². The summed E-state index contributed by atoms with van der Waals surface area (Å²) < 4.78 is 0. The first-order valence-electron chi connectivity index (χ1n) is 22.6. The molecule has 0 aliphatic carbocycles. The first kappa shape index (κ1) is 41.1. The van der Waals surface area contributed by atoms with Crippen LogP contribution in [-0.4, -0.2) is 21.7 Å². The van der Waals surface area contributed by atoms with E-state index >= 15 is 0 Å². The Morgan fingerprint density at radius 3 is 1.14 bits per heavy atom. The second-order valence-electron chi connectivity index (χ2n) is 16.7. The van der Waals surface area contributed by atoms with Crippen molar-refractivity contribution in [1.82, 2.24) is 15.0 Å². The summed E-state index contributed by atoms with van der Waals surface area (Å²) in [6.07, 6.45) is 9.76. The van der Waals surface area contributed by atoms with E-state index in [1.54, 1.807) is 0 Å². The zero-order chi connectivity index (χ0) is 43.6. The third-order valence-electron chi connectivity index (χ3n) is 12.4. The molecule has 0 spiro atoms. The summed E-state index contributed by atoms with van der Waals surface area (Å²) >= 11 is 0. The third-order valence-corrected chi connectivity index (χ3v) is 12.4. The predicted molar refractivity (Wildman–Crippen MR) is 272 cm³/mol. The molecule has 0 bridgehead atoms. The van der Waals surface area contributed by atoms with Crippen LogP contribution in [0.25, 0.3) is 56.0 Å². The zero-order valence-electron chi connectivity index (χ0n) is 36.3. The maximum atomic E-state index is 5.19. The Bertz CT molecular complexity index is 2960. The molecular weight excluding hydrogens is 786 g/mol. The van der Waals surface area contributed by atoms with Gasteiger partial charge in [0, 0.05) is 35.3 Å². The maximum Gasteiger partial charge on any atom is 0.242 e. The van der Waals surface area contributed by atoms with Gasteiger partial charge in [0.25, 0.3) is 0 Å². The van der Waals surface area contributed by atoms with Crippen LogP contribution in [-0.2, 0) is 25.7 Å². The van der Waals surface area contributed by atoms with Gasteiger partial charge >= 0.3 is 0 Å². The fourth-order valence-corrected chi connectivity index (χ4v) is 9.00. The van der Waals surface area contributed by atoms with Crippen molar-refractivity contribution >= 4 is 23.1 Å². The minimum absolute atomic E-state index is 0.0170. The molecule has 10 aromatic rings. The molecule has 3 nitrogen and oxygen atoms in total. The van der Waals surface area contributed by atoms with Gasteiger partial charge in [0.05, 0.1) is 17.1 Å². The lowest BCUT2D eigenvalue weighted by atomic mass is 9.36. The largest absolute Gasteiger partial charge is 0.256 e. The van der Waals surface area contributed by atoms with Gasteiger partial charge in [-0.05, 0) is 88.4 Å². The van der Waals surface area contributed by atoms with Gasteiger partial charge in [-0.1, -0.05) is 223 Å². The molecule has 3 aromatic heterocycles. The molecule has 4 heteroatoms. The van der Waals surface area contributed by atoms with Crippen molar-refractivity contribution in [3.8, 4) is 56.0 Å². The van der Waals surface area contributed by atoms with Gasteiger partial charge in [0.1, 0.15) is 0 Å². The molecule has 310 valence electrons. The fourth-order valence-electron chi connectivity index (χ4n) is 9.00. The van der Waals surface area contributed by atoms with Crippen LogP contribution >= 0.6 is 0 Å². The minimum atomic E-state index is -0.0170. The second kappa shape index (κ2) is 19.6. The van der Waals surface area contributed by atoms with Crippen LogP contribution in [0, 0.1) is 0 Å². The van der Waals surface area contributed by atoms with Crippen LogP contribution in [0.15, 0.2) is 243 Å². The molecule has 0 fully saturated rings. The Morgan fingerprint density at radius 1 is 0.277 bits per heavy atom. The number of aromatic nitrogens is 3. The van der Waals surface area contributed by atoms with Crippen LogP contribution in [0.5, 0.6) is 0 Å². The Hall–Kier alpha value is -7.95. The number of aryl methyl sites for hydroxylation is 4. The Morgan fingerprint density at radius 2 is 0.677 bits per heavy atom. The van der Waals surface area contributed by atoms with Gasteiger partial charge in [-0.3, -0.25) is 15.0 Å². The number of pyridine rings is 3. The molecule has 0 saturated carbocycles. The van der Waals surface area contributed by atoms with E-state index in [-0.39, 0.29) is 6.71 Å². The van der Waals surface area contributed by atoms with Crippen LogP contribution < -0.4 is 16.4 Å². The molecule has 65 heavy (non-hydrogen) atoms. The molecule has 3 heterocycles. The van der Waals surface area contributed by atoms with Crippen molar-refractivity contribution in [3.05, 3.63) is 265 Å². The van der Waals surface area contributed by atoms with E-state index in [1.807, 2.05) is 24.5 Å². The molecule has 0 unspecified atom stereocenters. The lowest BCUT2D eigenvalue weighted by Crippen LogP contribution is -2.52. The number of rotatable bonds is 14. The summed E-state index contributed by atoms with van der Waals surface area (Å²) in [5.41, 5.74) is 19.8. The van der Waals surface area contributed by atoms with E-state index < -0.39 is 0 Å². The Balaban J connectivity index is 1.05. The molecule has 0 saturated heterocycles. The summed E-state index contributed by atoms with van der Waals surface area (Å²) in [4.78, 5) is 14.9. The number of benzene rings is 7. The smallest absolute Gasteiger partial charge is 0.242 e. The van der Waals surface area contributed by atoms with E-state index in [9.17, 15) is 0 Å². The van der Waals surface area contributed by atoms with Crippen LogP contribution in [0.3, 0.4) is 0 Å². The monoisotopic (exact) mass is 833 g/mol. The zero-order valence-corrected chi connectivity index (χ0v) is 36.3. The number of hydrogen-bond acceptors (Lipinski definition) is 3. The molecule has 10 rings (SSSR count). The van der Waals surface area contributed by atoms with Crippen LogP contribution in [0.1, 0.15) is 22.3 Å². The van der Waals surface area contributed by atoms with E-state index in [2.05, 4.69) is 219 Å². The molecule has 0 radical (unpaired) electrons. The topological polar surface area (TPSA) is 38.7 Å². The van der Waals surface area contributed by atoms with Crippen molar-refractivity contribution in [2.45, 2.75) is 25.7 Å². The first-order chi connectivity index (χ1) is 32.2. The summed E-state index contributed by atoms with van der Waals surface area (Å²) in [5.74, 6) is 0. The lowest BCUT2D eigenvalue weighted by molar-refractivity contribution is 0.923. The minimum Gasteiger partial charge on any atom is -0.256 e. The van der Waals surface area contributed by atoms with Gasteiger partial charge in [0.2, 0.25) is 6.71 Å². The molecular formula is C61H48BN3. The van der Waals surface area contributed by atoms with Crippen molar-refractivity contribution in [2.75, 3.05) is 0 Å². The van der Waals surface area contributed by atoms with Crippen LogP contribution in [0.4, 0.5) is 0 Å². The van der Waals surface area contributed by atoms with E-state index in [0.717, 1.165) is 70.6 Å². The quantitative estimate of drug-likeness (QED) is 0.102. The number of hydrogen-bond donors (Lipinski definition) is 0. The van der Waals surface area contributed by atoms with Crippen molar-refractivity contribution < 1.29 is 0 Å². The average Bonchev–Trinajstić information content (AvgIpc) is 3.39. The van der Waals surface area contributed by atoms with Gasteiger partial charge in [-0.15, -0.1) is 0 Å². The molecule has 0 amide bonds. The van der Waals surface area contributed by atoms with Crippen molar-refractivity contribution in [3.63, 3.8) is 0 Å². The highest BCUT2D eigenvalue weighted by molar-refractivity contribution is 6.96. The van der Waals surface area contributed by atoms with E-state index in [4.69, 9.17) is 15.0 Å². The SMILES string of the molecule is c1ccc(B(c2ccccc2)c2cc(-c3ccccc3)ncc2-c2ccccc2-c2cc(CCc3ccc(-c4ccccc4)nc3)cc(CCc3ccc(-c4ccccc4)nc3)c2)cc1. The summed E-state index contributed by atoms with van der Waals surface area (Å²) in [6.45, 7) is -0.0170. The summed E-state index contributed by atoms with van der Waals surface area (Å²) in [5, 5.41) is 0. The van der Waals surface area contributed by atoms with Gasteiger partial charge < -0.3 is 0 Å². The van der Waals surface area contributed by atoms with E-state index in [0.29, 0.717) is 0 Å². The standard InChI is InChI=1S/C61H48BN3/c1-6-18-49(19-7-1)59-36-34-45(42-63-59)30-32-47-38-48(33-31-46-35-37-60(64-43-46)50-20-8-2-9-21-50)40-52(39-47)55-28-16-17-29-56(55)57-44-65-61(51-22-10-3-11-23-51)41-58(57)62(53-24-12-4-13-25-53)54-26-14-5-15-27-54/h1-29,34-44H,30-33H2. The Labute approximate surface area is 383 Å². The second-order valence-corrected chi connectivity index (χ2v) is 16.7. The number of nitrogens with zero attached hydrogens (tertiary/aromatic N) is 3. The predicted octanol–water partition coefficient (Wildman–Crippen LogP) is 12.3. The van der Waals surface area contributed by atoms with Gasteiger partial charge in [-0.25, -0.2) is 0 Å². The normalized spacial score (nSPS) is 11.0. The Kier molecular flexibility index (Phi) is 12.4. The van der Waals surface area contributed by atoms with Crippen molar-refractivity contribution in [1.29, 1.82) is 0 Å². The highest BCUT2D eigenvalue weighted by Gasteiger charge is 2.27. The summed E-state index contributed by atoms with van der Waals surface area (Å²) in [6, 6.07) is 80.3.